The maximum Gasteiger partial charge on any atom is 0.0483 e. The van der Waals surface area contributed by atoms with Gasteiger partial charge in [-0.15, -0.1) is 12.4 Å². The van der Waals surface area contributed by atoms with Crippen LogP contribution in [-0.4, -0.2) is 30.6 Å². The van der Waals surface area contributed by atoms with Crippen LogP contribution in [0.5, 0.6) is 0 Å². The molecule has 3 heterocycles. The third-order valence-electron chi connectivity index (χ3n) is 7.58. The molecule has 0 radical (unpaired) electrons. The van der Waals surface area contributed by atoms with E-state index >= 15 is 0 Å². The van der Waals surface area contributed by atoms with E-state index < -0.39 is 0 Å². The van der Waals surface area contributed by atoms with E-state index in [2.05, 4.69) is 64.4 Å². The molecule has 2 unspecified atom stereocenters. The van der Waals surface area contributed by atoms with Crippen LogP contribution in [0.2, 0.25) is 5.02 Å². The van der Waals surface area contributed by atoms with Gasteiger partial charge in [0.1, 0.15) is 0 Å². The van der Waals surface area contributed by atoms with Crippen LogP contribution in [0.15, 0.2) is 66.7 Å². The Morgan fingerprint density at radius 3 is 2.56 bits per heavy atom. The van der Waals surface area contributed by atoms with Crippen LogP contribution in [0.25, 0.3) is 0 Å². The van der Waals surface area contributed by atoms with Gasteiger partial charge in [-0.25, -0.2) is 0 Å². The molecule has 1 saturated heterocycles. The van der Waals surface area contributed by atoms with Crippen LogP contribution < -0.4 is 4.90 Å². The fourth-order valence-corrected chi connectivity index (χ4v) is 6.35. The summed E-state index contributed by atoms with van der Waals surface area (Å²) in [5, 5.41) is 0.905. The molecule has 1 fully saturated rings. The molecule has 2 atom stereocenters. The van der Waals surface area contributed by atoms with E-state index in [9.17, 15) is 0 Å². The van der Waals surface area contributed by atoms with E-state index in [0.717, 1.165) is 30.8 Å². The summed E-state index contributed by atoms with van der Waals surface area (Å²) in [6.07, 6.45) is 5.76. The lowest BCUT2D eigenvalue weighted by Crippen LogP contribution is -2.45. The number of halogens is 2. The molecule has 0 aliphatic carbocycles. The average molecular weight is 465 g/mol. The number of hydrogen-bond donors (Lipinski definition) is 0. The second-order valence-corrected chi connectivity index (χ2v) is 9.72. The van der Waals surface area contributed by atoms with Crippen molar-refractivity contribution in [2.75, 3.05) is 24.5 Å². The van der Waals surface area contributed by atoms with Gasteiger partial charge in [-0.2, -0.15) is 0 Å². The number of aryl methyl sites for hydroxylation is 3. The van der Waals surface area contributed by atoms with Crippen molar-refractivity contribution in [3.05, 3.63) is 94.0 Å². The topological polar surface area (TPSA) is 6.48 Å². The van der Waals surface area contributed by atoms with E-state index in [1.165, 1.54) is 54.0 Å². The zero-order valence-corrected chi connectivity index (χ0v) is 19.9. The first-order valence-corrected chi connectivity index (χ1v) is 12.1. The molecule has 32 heavy (non-hydrogen) atoms. The van der Waals surface area contributed by atoms with Gasteiger partial charge in [-0.1, -0.05) is 66.2 Å². The normalized spacial score (nSPS) is 21.2. The van der Waals surface area contributed by atoms with Crippen LogP contribution >= 0.6 is 24.0 Å². The largest absolute Gasteiger partial charge is 0.337 e. The Hall–Kier alpha value is -2.00. The molecule has 3 aromatic rings. The number of nitrogens with zero attached hydrogens (tertiary/aromatic N) is 2. The fraction of sp³-hybridized carbons (Fsp3) is 0.357. The van der Waals surface area contributed by atoms with Crippen molar-refractivity contribution in [1.82, 2.24) is 4.90 Å². The Labute approximate surface area is 202 Å². The van der Waals surface area contributed by atoms with Crippen LogP contribution in [0.3, 0.4) is 0 Å². The molecule has 0 bridgehead atoms. The number of fused-ring (bicyclic) bond motifs is 5. The summed E-state index contributed by atoms with van der Waals surface area (Å²) in [6.45, 7) is 3.51. The first-order chi connectivity index (χ1) is 15.3. The molecule has 3 aromatic carbocycles. The lowest BCUT2D eigenvalue weighted by molar-refractivity contribution is 0.195. The molecule has 0 spiro atoms. The van der Waals surface area contributed by atoms with Gasteiger partial charge in [-0.05, 0) is 73.0 Å². The van der Waals surface area contributed by atoms with Gasteiger partial charge < -0.3 is 9.80 Å². The first kappa shape index (κ1) is 21.8. The summed E-state index contributed by atoms with van der Waals surface area (Å²) in [5.41, 5.74) is 8.88. The maximum absolute atomic E-state index is 6.36. The van der Waals surface area contributed by atoms with E-state index in [4.69, 9.17) is 11.6 Å². The van der Waals surface area contributed by atoms with Gasteiger partial charge >= 0.3 is 0 Å². The lowest BCUT2D eigenvalue weighted by atomic mass is 9.87. The molecule has 0 N–H and O–H groups in total. The molecule has 0 saturated carbocycles. The van der Waals surface area contributed by atoms with Crippen molar-refractivity contribution in [3.8, 4) is 0 Å². The number of para-hydroxylation sites is 2. The molecule has 0 aromatic heterocycles. The van der Waals surface area contributed by atoms with Crippen molar-refractivity contribution in [1.29, 1.82) is 0 Å². The number of piperidine rings is 1. The fourth-order valence-electron chi connectivity index (χ4n) is 6.12. The van der Waals surface area contributed by atoms with E-state index in [1.807, 2.05) is 12.1 Å². The van der Waals surface area contributed by atoms with Gasteiger partial charge in [0, 0.05) is 41.4 Å². The highest BCUT2D eigenvalue weighted by Gasteiger charge is 2.44. The van der Waals surface area contributed by atoms with Crippen LogP contribution in [0.1, 0.15) is 41.0 Å². The van der Waals surface area contributed by atoms with Crippen molar-refractivity contribution in [2.24, 2.45) is 0 Å². The zero-order chi connectivity index (χ0) is 20.8. The molecule has 2 nitrogen and oxygen atoms in total. The molecule has 3 aliphatic rings. The number of rotatable bonds is 4. The molecule has 4 heteroatoms. The van der Waals surface area contributed by atoms with Crippen LogP contribution in [0.4, 0.5) is 11.4 Å². The van der Waals surface area contributed by atoms with E-state index in [1.54, 1.807) is 5.56 Å². The molecular weight excluding hydrogens is 435 g/mol. The Morgan fingerprint density at radius 1 is 0.875 bits per heavy atom. The Morgan fingerprint density at radius 2 is 1.66 bits per heavy atom. The number of anilines is 2. The van der Waals surface area contributed by atoms with Crippen molar-refractivity contribution < 1.29 is 0 Å². The third-order valence-corrected chi connectivity index (χ3v) is 7.95. The summed E-state index contributed by atoms with van der Waals surface area (Å²) >= 11 is 6.36. The zero-order valence-electron chi connectivity index (χ0n) is 18.3. The third kappa shape index (κ3) is 3.73. The monoisotopic (exact) mass is 464 g/mol. The summed E-state index contributed by atoms with van der Waals surface area (Å²) in [7, 11) is 0. The Bertz CT molecular complexity index is 1110. The minimum absolute atomic E-state index is 0. The minimum Gasteiger partial charge on any atom is -0.337 e. The minimum atomic E-state index is 0. The number of likely N-dealkylation sites (tertiary alicyclic amines) is 1. The summed E-state index contributed by atoms with van der Waals surface area (Å²) in [4.78, 5) is 5.41. The molecular formula is C28H30Cl2N2. The highest BCUT2D eigenvalue weighted by Crippen LogP contribution is 2.52. The van der Waals surface area contributed by atoms with Crippen molar-refractivity contribution >= 4 is 35.4 Å². The van der Waals surface area contributed by atoms with Gasteiger partial charge in [0.25, 0.3) is 0 Å². The standard InChI is InChI=1S/C28H29ClN2.ClH/c29-25-12-3-1-7-20(25)10-6-17-30-18-16-27-24(19-30)23-11-5-9-22-15-14-21-8-2-4-13-26(21)31(27)28(22)23;/h1-5,7-9,11-13,24,27H,6,10,14-19H2;1H. The van der Waals surface area contributed by atoms with Gasteiger partial charge in [-0.3, -0.25) is 0 Å². The lowest BCUT2D eigenvalue weighted by Gasteiger charge is -2.39. The predicted octanol–water partition coefficient (Wildman–Crippen LogP) is 6.80. The van der Waals surface area contributed by atoms with Crippen LogP contribution in [-0.2, 0) is 19.3 Å². The molecule has 6 rings (SSSR count). The second kappa shape index (κ2) is 9.09. The smallest absolute Gasteiger partial charge is 0.0483 e. The maximum atomic E-state index is 6.36. The molecule has 166 valence electrons. The van der Waals surface area contributed by atoms with Crippen LogP contribution in [0, 0.1) is 0 Å². The highest BCUT2D eigenvalue weighted by molar-refractivity contribution is 6.31. The molecule has 0 amide bonds. The average Bonchev–Trinajstić information content (AvgIpc) is 3.03. The van der Waals surface area contributed by atoms with Crippen molar-refractivity contribution in [2.45, 2.75) is 44.1 Å². The van der Waals surface area contributed by atoms with E-state index in [0.29, 0.717) is 12.0 Å². The summed E-state index contributed by atoms with van der Waals surface area (Å²) in [5.74, 6) is 0.607. The number of hydrogen-bond acceptors (Lipinski definition) is 2. The quantitative estimate of drug-likeness (QED) is 0.418. The Balaban J connectivity index is 0.00000216. The SMILES string of the molecule is Cl.Clc1ccccc1CCCN1CCC2C(C1)c1cccc3c1N2c1ccccc1CC3. The van der Waals surface area contributed by atoms with Gasteiger partial charge in [0.2, 0.25) is 0 Å². The first-order valence-electron chi connectivity index (χ1n) is 11.7. The van der Waals surface area contributed by atoms with Crippen molar-refractivity contribution in [3.63, 3.8) is 0 Å². The highest BCUT2D eigenvalue weighted by atomic mass is 35.5. The molecule has 3 aliphatic heterocycles. The Kier molecular flexibility index (Phi) is 6.20. The second-order valence-electron chi connectivity index (χ2n) is 9.31. The summed E-state index contributed by atoms with van der Waals surface area (Å²) < 4.78 is 0. The number of benzene rings is 3. The van der Waals surface area contributed by atoms with E-state index in [-0.39, 0.29) is 12.4 Å². The van der Waals surface area contributed by atoms with Gasteiger partial charge in [0.15, 0.2) is 0 Å². The predicted molar refractivity (Wildman–Crippen MR) is 137 cm³/mol. The summed E-state index contributed by atoms with van der Waals surface area (Å²) in [6, 6.07) is 25.0. The van der Waals surface area contributed by atoms with Gasteiger partial charge in [0.05, 0.1) is 0 Å².